The summed E-state index contributed by atoms with van der Waals surface area (Å²) in [5.74, 6) is 1.15. The molecule has 0 aromatic rings. The third kappa shape index (κ3) is 3.43. The Labute approximate surface area is 130 Å². The molecule has 2 saturated heterocycles. The summed E-state index contributed by atoms with van der Waals surface area (Å²) >= 11 is 0. The van der Waals surface area contributed by atoms with Crippen LogP contribution in [0.15, 0.2) is 0 Å². The van der Waals surface area contributed by atoms with Crippen molar-refractivity contribution in [2.45, 2.75) is 70.4 Å². The average Bonchev–Trinajstić information content (AvgIpc) is 2.54. The number of rotatable bonds is 3. The molecular formula is C18H31N3. The average molecular weight is 289 g/mol. The van der Waals surface area contributed by atoms with Crippen molar-refractivity contribution in [1.29, 1.82) is 5.26 Å². The number of piperidine rings is 1. The first-order valence-corrected chi connectivity index (χ1v) is 9.19. The second-order valence-corrected chi connectivity index (χ2v) is 7.45. The van der Waals surface area contributed by atoms with E-state index in [0.29, 0.717) is 6.04 Å². The van der Waals surface area contributed by atoms with E-state index in [-0.39, 0.29) is 5.92 Å². The summed E-state index contributed by atoms with van der Waals surface area (Å²) in [6.45, 7) is 7.26. The Bertz CT molecular complexity index is 375. The Hall–Kier alpha value is -0.590. The zero-order valence-corrected chi connectivity index (χ0v) is 13.6. The van der Waals surface area contributed by atoms with Crippen LogP contribution in [0.4, 0.5) is 0 Å². The van der Waals surface area contributed by atoms with E-state index in [1.807, 2.05) is 0 Å². The summed E-state index contributed by atoms with van der Waals surface area (Å²) in [6, 6.07) is 3.95. The van der Waals surface area contributed by atoms with Crippen LogP contribution in [0.2, 0.25) is 0 Å². The van der Waals surface area contributed by atoms with Crippen molar-refractivity contribution in [3.05, 3.63) is 0 Å². The van der Waals surface area contributed by atoms with Crippen LogP contribution in [0.1, 0.15) is 58.3 Å². The molecule has 0 radical (unpaired) electrons. The maximum absolute atomic E-state index is 9.55. The molecule has 3 aliphatic rings. The van der Waals surface area contributed by atoms with Crippen LogP contribution in [-0.4, -0.2) is 48.1 Å². The lowest BCUT2D eigenvalue weighted by Crippen LogP contribution is -2.59. The van der Waals surface area contributed by atoms with Gasteiger partial charge >= 0.3 is 0 Å². The Morgan fingerprint density at radius 3 is 2.71 bits per heavy atom. The molecule has 0 aromatic heterocycles. The Kier molecular flexibility index (Phi) is 5.19. The van der Waals surface area contributed by atoms with Crippen LogP contribution in [-0.2, 0) is 0 Å². The molecule has 4 unspecified atom stereocenters. The molecule has 4 atom stereocenters. The van der Waals surface area contributed by atoms with Gasteiger partial charge in [-0.25, -0.2) is 0 Å². The van der Waals surface area contributed by atoms with Crippen molar-refractivity contribution >= 4 is 0 Å². The van der Waals surface area contributed by atoms with Gasteiger partial charge in [0.05, 0.1) is 12.0 Å². The third-order valence-corrected chi connectivity index (χ3v) is 6.13. The fraction of sp³-hybridized carbons (Fsp3) is 0.944. The van der Waals surface area contributed by atoms with Crippen molar-refractivity contribution in [1.82, 2.24) is 9.80 Å². The zero-order valence-electron chi connectivity index (χ0n) is 13.6. The van der Waals surface area contributed by atoms with Gasteiger partial charge in [0, 0.05) is 31.7 Å². The van der Waals surface area contributed by atoms with E-state index < -0.39 is 0 Å². The Morgan fingerprint density at radius 1 is 1.05 bits per heavy atom. The van der Waals surface area contributed by atoms with Gasteiger partial charge in [-0.15, -0.1) is 0 Å². The number of hydrogen-bond acceptors (Lipinski definition) is 3. The van der Waals surface area contributed by atoms with E-state index in [0.717, 1.165) is 18.4 Å². The Morgan fingerprint density at radius 2 is 1.90 bits per heavy atom. The van der Waals surface area contributed by atoms with Crippen LogP contribution in [0, 0.1) is 23.2 Å². The summed E-state index contributed by atoms with van der Waals surface area (Å²) in [5, 5.41) is 9.55. The lowest BCUT2D eigenvalue weighted by molar-refractivity contribution is 0.00123. The van der Waals surface area contributed by atoms with Crippen molar-refractivity contribution in [3.63, 3.8) is 0 Å². The highest BCUT2D eigenvalue weighted by atomic mass is 15.3. The van der Waals surface area contributed by atoms with Crippen molar-refractivity contribution in [2.75, 3.05) is 26.2 Å². The molecule has 0 aromatic carbocycles. The predicted molar refractivity (Wildman–Crippen MR) is 85.9 cm³/mol. The zero-order chi connectivity index (χ0) is 14.7. The maximum Gasteiger partial charge on any atom is 0.0672 e. The van der Waals surface area contributed by atoms with Gasteiger partial charge in [-0.2, -0.15) is 5.26 Å². The molecule has 3 heteroatoms. The standard InChI is InChI=1S/C18H31N3/c1-2-5-15-7-8-16(13-19)18(12-15)21-11-10-20-9-4-3-6-17(20)14-21/h15-18H,2-12,14H2,1H3. The van der Waals surface area contributed by atoms with E-state index in [2.05, 4.69) is 22.8 Å². The predicted octanol–water partition coefficient (Wildman–Crippen LogP) is 3.27. The van der Waals surface area contributed by atoms with Gasteiger partial charge in [-0.3, -0.25) is 9.80 Å². The third-order valence-electron chi connectivity index (χ3n) is 6.13. The van der Waals surface area contributed by atoms with Crippen LogP contribution in [0.25, 0.3) is 0 Å². The highest BCUT2D eigenvalue weighted by Crippen LogP contribution is 2.36. The highest BCUT2D eigenvalue weighted by molar-refractivity contribution is 5.00. The van der Waals surface area contributed by atoms with Gasteiger partial charge in [-0.05, 0) is 44.6 Å². The fourth-order valence-corrected chi connectivity index (χ4v) is 4.94. The van der Waals surface area contributed by atoms with Crippen LogP contribution in [0.5, 0.6) is 0 Å². The van der Waals surface area contributed by atoms with E-state index in [4.69, 9.17) is 0 Å². The SMILES string of the molecule is CCCC1CCC(C#N)C(N2CCN3CCCCC3C2)C1. The highest BCUT2D eigenvalue weighted by Gasteiger charge is 2.38. The monoisotopic (exact) mass is 289 g/mol. The summed E-state index contributed by atoms with van der Waals surface area (Å²) < 4.78 is 0. The van der Waals surface area contributed by atoms with E-state index >= 15 is 0 Å². The number of nitriles is 1. The molecule has 1 aliphatic carbocycles. The first-order valence-electron chi connectivity index (χ1n) is 9.19. The minimum atomic E-state index is 0.285. The number of piperazine rings is 1. The van der Waals surface area contributed by atoms with E-state index in [1.165, 1.54) is 71.1 Å². The van der Waals surface area contributed by atoms with Crippen molar-refractivity contribution in [3.8, 4) is 6.07 Å². The van der Waals surface area contributed by atoms with E-state index in [9.17, 15) is 5.26 Å². The summed E-state index contributed by atoms with van der Waals surface area (Å²) in [5.41, 5.74) is 0. The normalized spacial score (nSPS) is 38.7. The molecule has 0 bridgehead atoms. The minimum Gasteiger partial charge on any atom is -0.298 e. The molecular weight excluding hydrogens is 258 g/mol. The van der Waals surface area contributed by atoms with E-state index in [1.54, 1.807) is 0 Å². The smallest absolute Gasteiger partial charge is 0.0672 e. The molecule has 0 spiro atoms. The molecule has 2 heterocycles. The molecule has 118 valence electrons. The fourth-order valence-electron chi connectivity index (χ4n) is 4.94. The minimum absolute atomic E-state index is 0.285. The molecule has 3 nitrogen and oxygen atoms in total. The lowest BCUT2D eigenvalue weighted by atomic mass is 9.76. The van der Waals surface area contributed by atoms with Crippen LogP contribution < -0.4 is 0 Å². The van der Waals surface area contributed by atoms with Gasteiger partial charge in [0.25, 0.3) is 0 Å². The van der Waals surface area contributed by atoms with Crippen LogP contribution in [0.3, 0.4) is 0 Å². The van der Waals surface area contributed by atoms with Crippen molar-refractivity contribution in [2.24, 2.45) is 11.8 Å². The number of fused-ring (bicyclic) bond motifs is 1. The number of nitrogens with zero attached hydrogens (tertiary/aromatic N) is 3. The molecule has 0 N–H and O–H groups in total. The lowest BCUT2D eigenvalue weighted by Gasteiger charge is -2.49. The van der Waals surface area contributed by atoms with Gasteiger partial charge in [0.2, 0.25) is 0 Å². The second kappa shape index (κ2) is 7.11. The largest absolute Gasteiger partial charge is 0.298 e. The second-order valence-electron chi connectivity index (χ2n) is 7.45. The summed E-state index contributed by atoms with van der Waals surface area (Å²) in [7, 11) is 0. The first kappa shape index (κ1) is 15.3. The van der Waals surface area contributed by atoms with Crippen molar-refractivity contribution < 1.29 is 0 Å². The maximum atomic E-state index is 9.55. The van der Waals surface area contributed by atoms with Crippen LogP contribution >= 0.6 is 0 Å². The molecule has 0 amide bonds. The molecule has 21 heavy (non-hydrogen) atoms. The number of hydrogen-bond donors (Lipinski definition) is 0. The molecule has 3 rings (SSSR count). The summed E-state index contributed by atoms with van der Waals surface area (Å²) in [4.78, 5) is 5.40. The van der Waals surface area contributed by atoms with Gasteiger partial charge < -0.3 is 0 Å². The molecule has 2 aliphatic heterocycles. The molecule has 3 fully saturated rings. The molecule has 1 saturated carbocycles. The quantitative estimate of drug-likeness (QED) is 0.799. The van der Waals surface area contributed by atoms with Gasteiger partial charge in [-0.1, -0.05) is 26.2 Å². The topological polar surface area (TPSA) is 30.3 Å². The van der Waals surface area contributed by atoms with Gasteiger partial charge in [0.1, 0.15) is 0 Å². The van der Waals surface area contributed by atoms with Gasteiger partial charge in [0.15, 0.2) is 0 Å². The Balaban J connectivity index is 1.64. The summed E-state index contributed by atoms with van der Waals surface area (Å²) in [6.07, 6.45) is 10.5. The first-order chi connectivity index (χ1) is 10.3.